The fourth-order valence-electron chi connectivity index (χ4n) is 1.62. The molecule has 0 radical (unpaired) electrons. The van der Waals surface area contributed by atoms with Crippen molar-refractivity contribution < 1.29 is 31.5 Å². The molecule has 0 aliphatic carbocycles. The lowest BCUT2D eigenvalue weighted by Crippen LogP contribution is -2.27. The highest BCUT2D eigenvalue weighted by molar-refractivity contribution is 7.92. The smallest absolute Gasteiger partial charge is 0.360 e. The lowest BCUT2D eigenvalue weighted by Gasteiger charge is -2.14. The first kappa shape index (κ1) is 18.3. The molecule has 0 aromatic carbocycles. The highest BCUT2D eigenvalue weighted by atomic mass is 32.2. The third-order valence-electron chi connectivity index (χ3n) is 2.77. The maximum Gasteiger partial charge on any atom is 0.360 e. The van der Waals surface area contributed by atoms with Crippen LogP contribution in [0.1, 0.15) is 30.4 Å². The number of alkyl halides is 2. The van der Waals surface area contributed by atoms with Crippen LogP contribution in [0.5, 0.6) is 0 Å². The quantitative estimate of drug-likeness (QED) is 0.714. The van der Waals surface area contributed by atoms with E-state index >= 15 is 0 Å². The van der Waals surface area contributed by atoms with Gasteiger partial charge in [0.25, 0.3) is 0 Å². The number of hydrogen-bond acceptors (Lipinski definition) is 6. The normalized spacial score (nSPS) is 13.2. The van der Waals surface area contributed by atoms with E-state index in [0.29, 0.717) is 6.42 Å². The number of anilines is 1. The maximum atomic E-state index is 12.6. The van der Waals surface area contributed by atoms with Crippen LogP contribution in [0, 0.1) is 0 Å². The summed E-state index contributed by atoms with van der Waals surface area (Å²) in [6.07, 6.45) is 0.601. The van der Waals surface area contributed by atoms with Crippen molar-refractivity contribution in [1.29, 1.82) is 0 Å². The highest BCUT2D eigenvalue weighted by Crippen LogP contribution is 2.21. The van der Waals surface area contributed by atoms with Crippen molar-refractivity contribution in [3.8, 4) is 0 Å². The average Bonchev–Trinajstić information content (AvgIpc) is 2.87. The number of nitrogens with zero attached hydrogens (tertiary/aromatic N) is 2. The molecule has 1 N–H and O–H groups in total. The van der Waals surface area contributed by atoms with Crippen molar-refractivity contribution in [2.24, 2.45) is 0 Å². The standard InChI is InChI=1S/C11H17F2N3O5S/c1-4-7(20-2)6-22(18,19)15-8-5-16(11(12)13)14-9(8)10(17)21-3/h5,7,11,15H,4,6H2,1-3H3. The van der Waals surface area contributed by atoms with Gasteiger partial charge in [0.2, 0.25) is 10.0 Å². The minimum atomic E-state index is -3.92. The molecule has 126 valence electrons. The van der Waals surface area contributed by atoms with E-state index in [4.69, 9.17) is 4.74 Å². The maximum absolute atomic E-state index is 12.6. The van der Waals surface area contributed by atoms with Gasteiger partial charge in [-0.2, -0.15) is 13.9 Å². The van der Waals surface area contributed by atoms with Gasteiger partial charge in [-0.3, -0.25) is 4.72 Å². The Hall–Kier alpha value is -1.75. The van der Waals surface area contributed by atoms with Gasteiger partial charge in [-0.15, -0.1) is 0 Å². The molecule has 0 aliphatic heterocycles. The molecule has 8 nitrogen and oxygen atoms in total. The first-order chi connectivity index (χ1) is 10.2. The number of carbonyl (C=O) groups is 1. The zero-order chi connectivity index (χ0) is 16.9. The summed E-state index contributed by atoms with van der Waals surface area (Å²) in [5, 5.41) is 3.32. The summed E-state index contributed by atoms with van der Waals surface area (Å²) >= 11 is 0. The third kappa shape index (κ3) is 4.63. The molecule has 1 heterocycles. The molecule has 1 atom stereocenters. The van der Waals surface area contributed by atoms with Crippen LogP contribution in [0.25, 0.3) is 0 Å². The van der Waals surface area contributed by atoms with E-state index in [1.807, 2.05) is 0 Å². The van der Waals surface area contributed by atoms with Gasteiger partial charge in [0.1, 0.15) is 5.69 Å². The lowest BCUT2D eigenvalue weighted by molar-refractivity contribution is 0.0521. The molecule has 0 fully saturated rings. The number of methoxy groups -OCH3 is 2. The Morgan fingerprint density at radius 2 is 2.09 bits per heavy atom. The molecule has 1 unspecified atom stereocenters. The van der Waals surface area contributed by atoms with Crippen LogP contribution in [-0.2, 0) is 19.5 Å². The minimum Gasteiger partial charge on any atom is -0.464 e. The molecular weight excluding hydrogens is 324 g/mol. The van der Waals surface area contributed by atoms with E-state index in [2.05, 4.69) is 14.6 Å². The Bertz CT molecular complexity index is 613. The van der Waals surface area contributed by atoms with Gasteiger partial charge in [-0.05, 0) is 6.42 Å². The number of aromatic nitrogens is 2. The molecule has 22 heavy (non-hydrogen) atoms. The number of sulfonamides is 1. The molecule has 0 saturated heterocycles. The summed E-state index contributed by atoms with van der Waals surface area (Å²) in [7, 11) is -1.53. The van der Waals surface area contributed by atoms with E-state index in [0.717, 1.165) is 13.3 Å². The molecule has 1 aromatic heterocycles. The summed E-state index contributed by atoms with van der Waals surface area (Å²) < 4.78 is 60.8. The molecule has 0 aliphatic rings. The summed E-state index contributed by atoms with van der Waals surface area (Å²) in [4.78, 5) is 11.5. The number of esters is 1. The molecule has 11 heteroatoms. The zero-order valence-electron chi connectivity index (χ0n) is 12.2. The van der Waals surface area contributed by atoms with E-state index in [1.165, 1.54) is 7.11 Å². The highest BCUT2D eigenvalue weighted by Gasteiger charge is 2.25. The van der Waals surface area contributed by atoms with Crippen LogP contribution in [-0.4, -0.2) is 50.2 Å². The van der Waals surface area contributed by atoms with Crippen molar-refractivity contribution in [1.82, 2.24) is 9.78 Å². The Kier molecular flexibility index (Phi) is 6.23. The Labute approximate surface area is 126 Å². The minimum absolute atomic E-state index is 0.164. The largest absolute Gasteiger partial charge is 0.464 e. The van der Waals surface area contributed by atoms with Crippen molar-refractivity contribution in [2.75, 3.05) is 24.7 Å². The van der Waals surface area contributed by atoms with Crippen molar-refractivity contribution in [2.45, 2.75) is 26.0 Å². The second-order valence-corrected chi connectivity index (χ2v) is 6.06. The van der Waals surface area contributed by atoms with Crippen LogP contribution >= 0.6 is 0 Å². The van der Waals surface area contributed by atoms with Crippen LogP contribution in [0.2, 0.25) is 0 Å². The molecule has 0 spiro atoms. The Morgan fingerprint density at radius 1 is 1.45 bits per heavy atom. The number of ether oxygens (including phenoxy) is 2. The van der Waals surface area contributed by atoms with Gasteiger partial charge in [-0.1, -0.05) is 6.92 Å². The predicted molar refractivity (Wildman–Crippen MR) is 73.3 cm³/mol. The molecule has 1 rings (SSSR count). The number of halogens is 2. The summed E-state index contributed by atoms with van der Waals surface area (Å²) in [5.41, 5.74) is -0.921. The van der Waals surface area contributed by atoms with Crippen LogP contribution in [0.15, 0.2) is 6.20 Å². The molecule has 0 amide bonds. The zero-order valence-corrected chi connectivity index (χ0v) is 13.1. The number of carbonyl (C=O) groups excluding carboxylic acids is 1. The SMILES string of the molecule is CCC(CS(=O)(=O)Nc1cn(C(F)F)nc1C(=O)OC)OC. The monoisotopic (exact) mass is 341 g/mol. The second kappa shape index (κ2) is 7.49. The van der Waals surface area contributed by atoms with Gasteiger partial charge in [0.15, 0.2) is 5.69 Å². The van der Waals surface area contributed by atoms with E-state index in [1.54, 1.807) is 6.92 Å². The first-order valence-electron chi connectivity index (χ1n) is 6.23. The number of rotatable bonds is 8. The van der Waals surface area contributed by atoms with Crippen LogP contribution in [0.3, 0.4) is 0 Å². The van der Waals surface area contributed by atoms with E-state index in [9.17, 15) is 22.0 Å². The number of nitrogens with one attached hydrogen (secondary N) is 1. The van der Waals surface area contributed by atoms with Crippen LogP contribution < -0.4 is 4.72 Å². The number of hydrogen-bond donors (Lipinski definition) is 1. The molecule has 0 saturated carbocycles. The topological polar surface area (TPSA) is 99.5 Å². The van der Waals surface area contributed by atoms with E-state index in [-0.39, 0.29) is 16.1 Å². The second-order valence-electron chi connectivity index (χ2n) is 4.29. The molecular formula is C11H17F2N3O5S. The molecule has 0 bridgehead atoms. The van der Waals surface area contributed by atoms with Crippen molar-refractivity contribution in [3.63, 3.8) is 0 Å². The van der Waals surface area contributed by atoms with Crippen LogP contribution in [0.4, 0.5) is 14.5 Å². The fraction of sp³-hybridized carbons (Fsp3) is 0.636. The fourth-order valence-corrected chi connectivity index (χ4v) is 3.05. The summed E-state index contributed by atoms with van der Waals surface area (Å²) in [6, 6.07) is 0. The third-order valence-corrected chi connectivity index (χ3v) is 4.11. The van der Waals surface area contributed by atoms with Gasteiger partial charge in [-0.25, -0.2) is 17.9 Å². The van der Waals surface area contributed by atoms with Gasteiger partial charge < -0.3 is 9.47 Å². The molecule has 1 aromatic rings. The Balaban J connectivity index is 3.07. The van der Waals surface area contributed by atoms with Gasteiger partial charge >= 0.3 is 12.5 Å². The van der Waals surface area contributed by atoms with Gasteiger partial charge in [0, 0.05) is 7.11 Å². The van der Waals surface area contributed by atoms with Gasteiger partial charge in [0.05, 0.1) is 25.2 Å². The van der Waals surface area contributed by atoms with E-state index < -0.39 is 34.3 Å². The van der Waals surface area contributed by atoms with Crippen molar-refractivity contribution >= 4 is 21.7 Å². The summed E-state index contributed by atoms with van der Waals surface area (Å²) in [5.74, 6) is -1.42. The summed E-state index contributed by atoms with van der Waals surface area (Å²) in [6.45, 7) is -1.29. The average molecular weight is 341 g/mol. The predicted octanol–water partition coefficient (Wildman–Crippen LogP) is 1.23. The first-order valence-corrected chi connectivity index (χ1v) is 7.88. The lowest BCUT2D eigenvalue weighted by atomic mass is 10.3. The van der Waals surface area contributed by atoms with Crippen molar-refractivity contribution in [3.05, 3.63) is 11.9 Å². The Morgan fingerprint density at radius 3 is 2.55 bits per heavy atom.